The van der Waals surface area contributed by atoms with Crippen molar-refractivity contribution in [2.24, 2.45) is 0 Å². The lowest BCUT2D eigenvalue weighted by atomic mass is 10.0. The van der Waals surface area contributed by atoms with E-state index in [4.69, 9.17) is 15.0 Å². The normalized spacial score (nSPS) is 11.4. The van der Waals surface area contributed by atoms with Gasteiger partial charge in [0.05, 0.1) is 11.0 Å². The molecule has 0 unspecified atom stereocenters. The van der Waals surface area contributed by atoms with Crippen LogP contribution in [0.5, 0.6) is 0 Å². The molecule has 4 nitrogen and oxygen atoms in total. The first kappa shape index (κ1) is 23.3. The Morgan fingerprint density at radius 1 is 0.366 bits per heavy atom. The van der Waals surface area contributed by atoms with Gasteiger partial charge in [-0.15, -0.1) is 0 Å². The summed E-state index contributed by atoms with van der Waals surface area (Å²) in [7, 11) is 0. The summed E-state index contributed by atoms with van der Waals surface area (Å²) in [6, 6.07) is 50.4. The summed E-state index contributed by atoms with van der Waals surface area (Å²) >= 11 is 0. The highest BCUT2D eigenvalue weighted by molar-refractivity contribution is 6.13. The zero-order valence-electron chi connectivity index (χ0n) is 22.1. The predicted molar refractivity (Wildman–Crippen MR) is 168 cm³/mol. The second-order valence-electron chi connectivity index (χ2n) is 10.2. The van der Waals surface area contributed by atoms with Gasteiger partial charge in [0.25, 0.3) is 0 Å². The molecule has 2 aromatic heterocycles. The van der Waals surface area contributed by atoms with Gasteiger partial charge in [-0.05, 0) is 47.2 Å². The number of benzene rings is 6. The lowest BCUT2D eigenvalue weighted by molar-refractivity contribution is 1.07. The molecular weight excluding hydrogens is 500 g/mol. The third-order valence-electron chi connectivity index (χ3n) is 7.60. The maximum absolute atomic E-state index is 4.94. The Morgan fingerprint density at radius 3 is 1.59 bits per heavy atom. The second kappa shape index (κ2) is 9.54. The van der Waals surface area contributed by atoms with Gasteiger partial charge in [0, 0.05) is 33.2 Å². The summed E-state index contributed by atoms with van der Waals surface area (Å²) in [5.74, 6) is 1.98. The Hall–Kier alpha value is -5.61. The van der Waals surface area contributed by atoms with E-state index in [1.807, 2.05) is 60.7 Å². The van der Waals surface area contributed by atoms with Crippen molar-refractivity contribution in [3.05, 3.63) is 146 Å². The quantitative estimate of drug-likeness (QED) is 0.231. The minimum atomic E-state index is 0.659. The minimum Gasteiger partial charge on any atom is -0.309 e. The van der Waals surface area contributed by atoms with E-state index in [2.05, 4.69) is 89.5 Å². The molecule has 0 aliphatic rings. The summed E-state index contributed by atoms with van der Waals surface area (Å²) in [6.07, 6.45) is 0. The Balaban J connectivity index is 1.34. The summed E-state index contributed by atoms with van der Waals surface area (Å²) in [4.78, 5) is 14.7. The Bertz CT molecular complexity index is 2130. The number of para-hydroxylation sites is 2. The molecule has 8 aromatic rings. The van der Waals surface area contributed by atoms with Crippen molar-refractivity contribution in [2.75, 3.05) is 0 Å². The first-order valence-electron chi connectivity index (χ1n) is 13.7. The van der Waals surface area contributed by atoms with Gasteiger partial charge < -0.3 is 4.57 Å². The molecule has 0 N–H and O–H groups in total. The van der Waals surface area contributed by atoms with Crippen LogP contribution in [0.1, 0.15) is 0 Å². The third kappa shape index (κ3) is 4.05. The van der Waals surface area contributed by atoms with Crippen LogP contribution in [0.25, 0.3) is 72.4 Å². The van der Waals surface area contributed by atoms with Crippen molar-refractivity contribution < 1.29 is 0 Å². The molecule has 0 bridgehead atoms. The van der Waals surface area contributed by atoms with Gasteiger partial charge in [0.2, 0.25) is 0 Å². The van der Waals surface area contributed by atoms with Crippen LogP contribution in [0.15, 0.2) is 146 Å². The highest BCUT2D eigenvalue weighted by Gasteiger charge is 2.15. The zero-order chi connectivity index (χ0) is 27.2. The fourth-order valence-corrected chi connectivity index (χ4v) is 5.64. The highest BCUT2D eigenvalue weighted by atomic mass is 15.0. The molecule has 192 valence electrons. The Labute approximate surface area is 237 Å². The van der Waals surface area contributed by atoms with Gasteiger partial charge in [0.15, 0.2) is 17.5 Å². The summed E-state index contributed by atoms with van der Waals surface area (Å²) in [6.45, 7) is 0. The molecule has 6 aromatic carbocycles. The number of rotatable bonds is 4. The van der Waals surface area contributed by atoms with Crippen molar-refractivity contribution in [1.82, 2.24) is 19.5 Å². The van der Waals surface area contributed by atoms with Gasteiger partial charge in [-0.1, -0.05) is 109 Å². The second-order valence-corrected chi connectivity index (χ2v) is 10.2. The SMILES string of the molecule is c1ccc(-c2nc(-c3ccccc3)nc(-c3ccc4cc5c(cc4c3)c3ccccc3n5-c3ccccc3)n2)cc1. The molecule has 0 radical (unpaired) electrons. The third-order valence-corrected chi connectivity index (χ3v) is 7.60. The van der Waals surface area contributed by atoms with Gasteiger partial charge >= 0.3 is 0 Å². The van der Waals surface area contributed by atoms with E-state index in [1.165, 1.54) is 27.2 Å². The predicted octanol–water partition coefficient (Wildman–Crippen LogP) is 9.12. The van der Waals surface area contributed by atoms with E-state index < -0.39 is 0 Å². The average molecular weight is 525 g/mol. The zero-order valence-corrected chi connectivity index (χ0v) is 22.1. The molecule has 0 saturated carbocycles. The number of aromatic nitrogens is 4. The molecule has 0 saturated heterocycles. The largest absolute Gasteiger partial charge is 0.309 e. The number of nitrogens with zero attached hydrogens (tertiary/aromatic N) is 4. The monoisotopic (exact) mass is 524 g/mol. The Kier molecular flexibility index (Phi) is 5.42. The van der Waals surface area contributed by atoms with E-state index in [0.29, 0.717) is 17.5 Å². The van der Waals surface area contributed by atoms with E-state index in [1.54, 1.807) is 0 Å². The molecule has 0 aliphatic heterocycles. The minimum absolute atomic E-state index is 0.659. The maximum atomic E-state index is 4.94. The van der Waals surface area contributed by atoms with Crippen LogP contribution in [-0.4, -0.2) is 19.5 Å². The smallest absolute Gasteiger partial charge is 0.164 e. The van der Waals surface area contributed by atoms with Crippen molar-refractivity contribution in [1.29, 1.82) is 0 Å². The van der Waals surface area contributed by atoms with Gasteiger partial charge in [-0.25, -0.2) is 15.0 Å². The van der Waals surface area contributed by atoms with E-state index in [0.717, 1.165) is 27.8 Å². The van der Waals surface area contributed by atoms with Crippen LogP contribution >= 0.6 is 0 Å². The molecule has 4 heteroatoms. The van der Waals surface area contributed by atoms with Crippen LogP contribution in [0, 0.1) is 0 Å². The molecule has 0 aliphatic carbocycles. The average Bonchev–Trinajstić information content (AvgIpc) is 3.37. The summed E-state index contributed by atoms with van der Waals surface area (Å²) in [5.41, 5.74) is 6.42. The van der Waals surface area contributed by atoms with Crippen LogP contribution in [0.2, 0.25) is 0 Å². The lowest BCUT2D eigenvalue weighted by Gasteiger charge is -2.10. The first-order chi connectivity index (χ1) is 20.3. The molecular formula is C37H24N4. The molecule has 0 atom stereocenters. The van der Waals surface area contributed by atoms with Crippen LogP contribution in [0.3, 0.4) is 0 Å². The Morgan fingerprint density at radius 2 is 0.927 bits per heavy atom. The van der Waals surface area contributed by atoms with Crippen molar-refractivity contribution in [3.8, 4) is 39.9 Å². The molecule has 0 amide bonds. The summed E-state index contributed by atoms with van der Waals surface area (Å²) in [5, 5.41) is 4.77. The standard InChI is InChI=1S/C37H24N4/c1-4-12-25(13-5-1)35-38-36(26-14-6-2-7-15-26)40-37(39-35)28-21-20-27-24-34-32(23-29(27)22-28)31-18-10-11-19-33(31)41(34)30-16-8-3-9-17-30/h1-24H. The first-order valence-corrected chi connectivity index (χ1v) is 13.7. The van der Waals surface area contributed by atoms with E-state index in [9.17, 15) is 0 Å². The fourth-order valence-electron chi connectivity index (χ4n) is 5.64. The van der Waals surface area contributed by atoms with E-state index >= 15 is 0 Å². The maximum Gasteiger partial charge on any atom is 0.164 e. The van der Waals surface area contributed by atoms with Crippen LogP contribution in [0.4, 0.5) is 0 Å². The number of fused-ring (bicyclic) bond motifs is 4. The van der Waals surface area contributed by atoms with Gasteiger partial charge in [0.1, 0.15) is 0 Å². The van der Waals surface area contributed by atoms with Crippen LogP contribution < -0.4 is 0 Å². The highest BCUT2D eigenvalue weighted by Crippen LogP contribution is 2.36. The molecule has 0 spiro atoms. The van der Waals surface area contributed by atoms with E-state index in [-0.39, 0.29) is 0 Å². The van der Waals surface area contributed by atoms with Crippen molar-refractivity contribution in [3.63, 3.8) is 0 Å². The summed E-state index contributed by atoms with van der Waals surface area (Å²) < 4.78 is 2.35. The lowest BCUT2D eigenvalue weighted by Crippen LogP contribution is -2.00. The molecule has 8 rings (SSSR count). The van der Waals surface area contributed by atoms with Crippen LogP contribution in [-0.2, 0) is 0 Å². The van der Waals surface area contributed by atoms with Gasteiger partial charge in [-0.2, -0.15) is 0 Å². The van der Waals surface area contributed by atoms with Crippen molar-refractivity contribution >= 4 is 32.6 Å². The molecule has 0 fully saturated rings. The topological polar surface area (TPSA) is 43.6 Å². The number of hydrogen-bond donors (Lipinski definition) is 0. The molecule has 41 heavy (non-hydrogen) atoms. The van der Waals surface area contributed by atoms with Crippen molar-refractivity contribution in [2.45, 2.75) is 0 Å². The molecule has 2 heterocycles. The number of hydrogen-bond acceptors (Lipinski definition) is 3. The fraction of sp³-hybridized carbons (Fsp3) is 0. The van der Waals surface area contributed by atoms with Gasteiger partial charge in [-0.3, -0.25) is 0 Å².